The SMILES string of the molecule is CC1(c2ccccc2)c2cccc(-c3ccc(N(c4ccc(-c5ccccc5)cc4)c4cccc5ccccc45)cc3)c2Oc2c1ccc1c2-c2ccccc2C1(C)c1ccccc1. The highest BCUT2D eigenvalue weighted by Crippen LogP contribution is 2.62. The van der Waals surface area contributed by atoms with Gasteiger partial charge >= 0.3 is 0 Å². The number of anilines is 3. The van der Waals surface area contributed by atoms with Crippen LogP contribution in [0.3, 0.4) is 0 Å². The Balaban J connectivity index is 1.02. The van der Waals surface area contributed by atoms with Crippen molar-refractivity contribution in [2.45, 2.75) is 24.7 Å². The molecule has 1 heterocycles. The van der Waals surface area contributed by atoms with Gasteiger partial charge in [0.2, 0.25) is 0 Å². The van der Waals surface area contributed by atoms with Crippen LogP contribution in [0.25, 0.3) is 44.2 Å². The zero-order valence-corrected chi connectivity index (χ0v) is 35.9. The zero-order chi connectivity index (χ0) is 42.8. The average molecular weight is 820 g/mol. The Morgan fingerprint density at radius 1 is 0.344 bits per heavy atom. The molecule has 0 fully saturated rings. The number of para-hydroxylation sites is 1. The minimum Gasteiger partial charge on any atom is -0.455 e. The molecule has 0 saturated heterocycles. The van der Waals surface area contributed by atoms with Crippen molar-refractivity contribution in [2.75, 3.05) is 4.90 Å². The molecule has 0 N–H and O–H groups in total. The van der Waals surface area contributed by atoms with Crippen molar-refractivity contribution in [3.8, 4) is 44.9 Å². The van der Waals surface area contributed by atoms with Crippen molar-refractivity contribution in [3.63, 3.8) is 0 Å². The van der Waals surface area contributed by atoms with Gasteiger partial charge in [-0.05, 0) is 94.1 Å². The lowest BCUT2D eigenvalue weighted by atomic mass is 9.67. The third-order valence-electron chi connectivity index (χ3n) is 14.1. The summed E-state index contributed by atoms with van der Waals surface area (Å²) in [7, 11) is 0. The third kappa shape index (κ3) is 5.72. The largest absolute Gasteiger partial charge is 0.455 e. The molecule has 0 saturated carbocycles. The third-order valence-corrected chi connectivity index (χ3v) is 14.1. The molecule has 2 atom stereocenters. The Kier molecular flexibility index (Phi) is 8.77. The number of rotatable bonds is 7. The fraction of sp³-hybridized carbons (Fsp3) is 0.0645. The van der Waals surface area contributed by atoms with Crippen LogP contribution < -0.4 is 9.64 Å². The van der Waals surface area contributed by atoms with Crippen LogP contribution in [0.2, 0.25) is 0 Å². The monoisotopic (exact) mass is 819 g/mol. The lowest BCUT2D eigenvalue weighted by molar-refractivity contribution is 0.430. The fourth-order valence-corrected chi connectivity index (χ4v) is 10.8. The second kappa shape index (κ2) is 14.9. The number of ether oxygens (including phenoxy) is 1. The predicted octanol–water partition coefficient (Wildman–Crippen LogP) is 16.4. The summed E-state index contributed by atoms with van der Waals surface area (Å²) in [4.78, 5) is 2.38. The fourth-order valence-electron chi connectivity index (χ4n) is 10.8. The van der Waals surface area contributed by atoms with Gasteiger partial charge in [0.05, 0.1) is 5.69 Å². The van der Waals surface area contributed by atoms with Gasteiger partial charge in [0.1, 0.15) is 11.5 Å². The molecular formula is C62H45NO. The van der Waals surface area contributed by atoms with Gasteiger partial charge < -0.3 is 9.64 Å². The molecule has 0 bridgehead atoms. The molecule has 2 nitrogen and oxygen atoms in total. The van der Waals surface area contributed by atoms with Gasteiger partial charge in [-0.3, -0.25) is 0 Å². The Hall–Kier alpha value is -7.94. The molecule has 2 aliphatic rings. The van der Waals surface area contributed by atoms with Crippen LogP contribution in [0.15, 0.2) is 237 Å². The van der Waals surface area contributed by atoms with Gasteiger partial charge in [0.15, 0.2) is 0 Å². The van der Waals surface area contributed by atoms with E-state index in [0.717, 1.165) is 45.3 Å². The van der Waals surface area contributed by atoms with Crippen molar-refractivity contribution in [2.24, 2.45) is 0 Å². The standard InChI is InChI=1S/C62H45NO/c1-61(46-22-8-4-9-23-46)53-29-15-14-27-52(53)58-54(61)40-41-56-60(58)64-59-51(28-17-30-55(59)62(56,2)47-24-10-5-11-25-47)45-34-38-49(39-35-45)63(57-31-16-21-44-20-12-13-26-50(44)57)48-36-32-43(33-37-48)42-18-6-3-7-19-42/h3-41H,1-2H3. The maximum absolute atomic E-state index is 7.51. The molecule has 64 heavy (non-hydrogen) atoms. The summed E-state index contributed by atoms with van der Waals surface area (Å²) < 4.78 is 7.51. The van der Waals surface area contributed by atoms with E-state index in [1.807, 2.05) is 0 Å². The van der Waals surface area contributed by atoms with Gasteiger partial charge in [-0.2, -0.15) is 0 Å². The van der Waals surface area contributed by atoms with E-state index in [-0.39, 0.29) is 5.41 Å². The van der Waals surface area contributed by atoms with Gasteiger partial charge in [-0.25, -0.2) is 0 Å². The van der Waals surface area contributed by atoms with E-state index >= 15 is 0 Å². The Labute approximate surface area is 375 Å². The van der Waals surface area contributed by atoms with Crippen LogP contribution in [0.1, 0.15) is 47.2 Å². The molecule has 10 aromatic rings. The van der Waals surface area contributed by atoms with E-state index in [9.17, 15) is 0 Å². The highest BCUT2D eigenvalue weighted by atomic mass is 16.5. The van der Waals surface area contributed by atoms with Crippen molar-refractivity contribution in [3.05, 3.63) is 270 Å². The van der Waals surface area contributed by atoms with Crippen LogP contribution >= 0.6 is 0 Å². The quantitative estimate of drug-likeness (QED) is 0.159. The number of hydrogen-bond acceptors (Lipinski definition) is 2. The lowest BCUT2D eigenvalue weighted by Crippen LogP contribution is -2.30. The zero-order valence-electron chi connectivity index (χ0n) is 35.9. The van der Waals surface area contributed by atoms with E-state index in [0.29, 0.717) is 0 Å². The first-order valence-electron chi connectivity index (χ1n) is 22.3. The van der Waals surface area contributed by atoms with Crippen LogP contribution in [0.4, 0.5) is 17.1 Å². The highest BCUT2D eigenvalue weighted by molar-refractivity contribution is 5.99. The summed E-state index contributed by atoms with van der Waals surface area (Å²) in [5.74, 6) is 1.84. The molecule has 304 valence electrons. The summed E-state index contributed by atoms with van der Waals surface area (Å²) >= 11 is 0. The van der Waals surface area contributed by atoms with E-state index in [1.165, 1.54) is 60.8 Å². The average Bonchev–Trinajstić information content (AvgIpc) is 3.64. The molecule has 0 aromatic heterocycles. The second-order valence-electron chi connectivity index (χ2n) is 17.5. The van der Waals surface area contributed by atoms with E-state index in [4.69, 9.17) is 4.74 Å². The molecule has 0 amide bonds. The van der Waals surface area contributed by atoms with E-state index < -0.39 is 5.41 Å². The minimum atomic E-state index is -0.493. The van der Waals surface area contributed by atoms with Crippen molar-refractivity contribution >= 4 is 27.8 Å². The summed E-state index contributed by atoms with van der Waals surface area (Å²) in [6, 6.07) is 86.0. The summed E-state index contributed by atoms with van der Waals surface area (Å²) in [6.07, 6.45) is 0. The van der Waals surface area contributed by atoms with Crippen LogP contribution in [-0.4, -0.2) is 0 Å². The number of nitrogens with zero attached hydrogens (tertiary/aromatic N) is 1. The molecule has 0 spiro atoms. The van der Waals surface area contributed by atoms with Gasteiger partial charge in [0.25, 0.3) is 0 Å². The number of benzene rings is 10. The van der Waals surface area contributed by atoms with Crippen LogP contribution in [0, 0.1) is 0 Å². The van der Waals surface area contributed by atoms with Crippen LogP contribution in [0.5, 0.6) is 11.5 Å². The molecule has 12 rings (SSSR count). The Morgan fingerprint density at radius 3 is 1.53 bits per heavy atom. The molecule has 1 aliphatic carbocycles. The maximum atomic E-state index is 7.51. The minimum absolute atomic E-state index is 0.345. The topological polar surface area (TPSA) is 12.5 Å². The van der Waals surface area contributed by atoms with Crippen molar-refractivity contribution in [1.82, 2.24) is 0 Å². The van der Waals surface area contributed by atoms with Gasteiger partial charge in [0, 0.05) is 49.8 Å². The Bertz CT molecular complexity index is 3350. The van der Waals surface area contributed by atoms with E-state index in [1.54, 1.807) is 0 Å². The summed E-state index contributed by atoms with van der Waals surface area (Å²) in [5.41, 5.74) is 16.8. The molecule has 10 aromatic carbocycles. The maximum Gasteiger partial charge on any atom is 0.140 e. The molecular weight excluding hydrogens is 775 g/mol. The summed E-state index contributed by atoms with van der Waals surface area (Å²) in [6.45, 7) is 4.75. The second-order valence-corrected chi connectivity index (χ2v) is 17.5. The van der Waals surface area contributed by atoms with Gasteiger partial charge in [-0.1, -0.05) is 206 Å². The van der Waals surface area contributed by atoms with Gasteiger partial charge in [-0.15, -0.1) is 0 Å². The number of hydrogen-bond donors (Lipinski definition) is 0. The lowest BCUT2D eigenvalue weighted by Gasteiger charge is -2.40. The van der Waals surface area contributed by atoms with Crippen LogP contribution in [-0.2, 0) is 10.8 Å². The summed E-state index contributed by atoms with van der Waals surface area (Å²) in [5, 5.41) is 2.40. The van der Waals surface area contributed by atoms with Crippen molar-refractivity contribution < 1.29 is 4.74 Å². The first-order valence-corrected chi connectivity index (χ1v) is 22.3. The first-order chi connectivity index (χ1) is 31.5. The molecule has 2 heteroatoms. The number of fused-ring (bicyclic) bond motifs is 7. The Morgan fingerprint density at radius 2 is 0.828 bits per heavy atom. The first kappa shape index (κ1) is 37.8. The van der Waals surface area contributed by atoms with Crippen molar-refractivity contribution in [1.29, 1.82) is 0 Å². The normalized spacial score (nSPS) is 16.8. The molecule has 1 aliphatic heterocycles. The molecule has 2 unspecified atom stereocenters. The van der Waals surface area contributed by atoms with E-state index in [2.05, 4.69) is 255 Å². The predicted molar refractivity (Wildman–Crippen MR) is 265 cm³/mol. The molecule has 0 radical (unpaired) electrons. The smallest absolute Gasteiger partial charge is 0.140 e. The highest BCUT2D eigenvalue weighted by Gasteiger charge is 2.47.